The fourth-order valence-corrected chi connectivity index (χ4v) is 3.30. The molecule has 0 aromatic rings. The number of halogens is 4. The SMILES string of the molecule is Cl.NC[C@H]1CC[C@@H](C(=O)NCC2CCCCC2C(F)(F)F)O1. The molecule has 1 saturated heterocycles. The fraction of sp³-hybridized carbons (Fsp3) is 0.929. The van der Waals surface area contributed by atoms with E-state index in [-0.39, 0.29) is 37.4 Å². The van der Waals surface area contributed by atoms with Crippen LogP contribution in [0.3, 0.4) is 0 Å². The Balaban J connectivity index is 0.00000242. The minimum atomic E-state index is -4.18. The number of nitrogens with one attached hydrogen (secondary N) is 1. The summed E-state index contributed by atoms with van der Waals surface area (Å²) in [5, 5.41) is 2.64. The molecule has 1 saturated carbocycles. The Hall–Kier alpha value is -0.530. The topological polar surface area (TPSA) is 64.4 Å². The van der Waals surface area contributed by atoms with Gasteiger partial charge in [0.2, 0.25) is 5.91 Å². The van der Waals surface area contributed by atoms with E-state index in [0.29, 0.717) is 25.8 Å². The van der Waals surface area contributed by atoms with Crippen LogP contribution in [0.25, 0.3) is 0 Å². The van der Waals surface area contributed by atoms with Gasteiger partial charge in [0.1, 0.15) is 6.10 Å². The van der Waals surface area contributed by atoms with Crippen LogP contribution in [0.2, 0.25) is 0 Å². The van der Waals surface area contributed by atoms with Crippen molar-refractivity contribution in [2.24, 2.45) is 17.6 Å². The number of amides is 1. The van der Waals surface area contributed by atoms with Gasteiger partial charge in [-0.2, -0.15) is 13.2 Å². The van der Waals surface area contributed by atoms with Gasteiger partial charge in [-0.05, 0) is 31.6 Å². The minimum absolute atomic E-state index is 0. The summed E-state index contributed by atoms with van der Waals surface area (Å²) in [5.74, 6) is -2.13. The summed E-state index contributed by atoms with van der Waals surface area (Å²) in [4.78, 5) is 11.9. The van der Waals surface area contributed by atoms with Crippen LogP contribution in [0, 0.1) is 11.8 Å². The third-order valence-corrected chi connectivity index (χ3v) is 4.53. The normalized spacial score (nSPS) is 32.4. The quantitative estimate of drug-likeness (QED) is 0.823. The molecule has 0 radical (unpaired) electrons. The Morgan fingerprint density at radius 3 is 2.45 bits per heavy atom. The third-order valence-electron chi connectivity index (χ3n) is 4.53. The van der Waals surface area contributed by atoms with Crippen LogP contribution in [-0.4, -0.2) is 37.4 Å². The third kappa shape index (κ3) is 4.99. The summed E-state index contributed by atoms with van der Waals surface area (Å²) in [6.07, 6.45) is -1.46. The largest absolute Gasteiger partial charge is 0.392 e. The van der Waals surface area contributed by atoms with Crippen molar-refractivity contribution in [3.8, 4) is 0 Å². The Morgan fingerprint density at radius 2 is 1.86 bits per heavy atom. The average molecular weight is 345 g/mol. The van der Waals surface area contributed by atoms with Crippen molar-refractivity contribution in [3.63, 3.8) is 0 Å². The molecule has 4 atom stereocenters. The lowest BCUT2D eigenvalue weighted by molar-refractivity contribution is -0.196. The Kier molecular flexibility index (Phi) is 7.41. The van der Waals surface area contributed by atoms with E-state index < -0.39 is 24.1 Å². The van der Waals surface area contributed by atoms with Gasteiger partial charge in [0.15, 0.2) is 0 Å². The minimum Gasteiger partial charge on any atom is -0.364 e. The average Bonchev–Trinajstić information content (AvgIpc) is 2.93. The monoisotopic (exact) mass is 344 g/mol. The van der Waals surface area contributed by atoms with Gasteiger partial charge in [-0.25, -0.2) is 0 Å². The van der Waals surface area contributed by atoms with Crippen LogP contribution < -0.4 is 11.1 Å². The van der Waals surface area contributed by atoms with E-state index in [1.807, 2.05) is 0 Å². The van der Waals surface area contributed by atoms with Gasteiger partial charge < -0.3 is 15.8 Å². The summed E-state index contributed by atoms with van der Waals surface area (Å²) in [6.45, 7) is 0.443. The highest BCUT2D eigenvalue weighted by atomic mass is 35.5. The number of alkyl halides is 3. The molecule has 2 fully saturated rings. The molecule has 1 aliphatic heterocycles. The van der Waals surface area contributed by atoms with E-state index in [1.54, 1.807) is 0 Å². The second kappa shape index (κ2) is 8.36. The molecule has 0 bridgehead atoms. The number of nitrogens with two attached hydrogens (primary N) is 1. The highest BCUT2D eigenvalue weighted by molar-refractivity contribution is 5.85. The van der Waals surface area contributed by atoms with Gasteiger partial charge in [-0.1, -0.05) is 12.8 Å². The van der Waals surface area contributed by atoms with E-state index in [9.17, 15) is 18.0 Å². The zero-order valence-electron chi connectivity index (χ0n) is 12.4. The van der Waals surface area contributed by atoms with Crippen molar-refractivity contribution >= 4 is 18.3 Å². The molecule has 2 aliphatic rings. The summed E-state index contributed by atoms with van der Waals surface area (Å²) in [5.41, 5.74) is 5.47. The fourth-order valence-electron chi connectivity index (χ4n) is 3.30. The number of carbonyl (C=O) groups is 1. The van der Waals surface area contributed by atoms with Crippen LogP contribution in [-0.2, 0) is 9.53 Å². The molecule has 2 unspecified atom stereocenters. The summed E-state index contributed by atoms with van der Waals surface area (Å²) >= 11 is 0. The van der Waals surface area contributed by atoms with E-state index in [0.717, 1.165) is 12.8 Å². The summed E-state index contributed by atoms with van der Waals surface area (Å²) < 4.78 is 44.3. The van der Waals surface area contributed by atoms with Gasteiger partial charge >= 0.3 is 6.18 Å². The number of ether oxygens (including phenoxy) is 1. The first-order chi connectivity index (χ1) is 9.91. The molecule has 2 rings (SSSR count). The van der Waals surface area contributed by atoms with Crippen molar-refractivity contribution in [3.05, 3.63) is 0 Å². The van der Waals surface area contributed by atoms with E-state index in [1.165, 1.54) is 0 Å². The molecule has 0 aromatic carbocycles. The maximum absolute atomic E-state index is 13.0. The predicted octanol–water partition coefficient (Wildman–Crippen LogP) is 2.40. The van der Waals surface area contributed by atoms with Crippen LogP contribution in [0.5, 0.6) is 0 Å². The standard InChI is InChI=1S/C14H23F3N2O2.ClH/c15-14(16,17)11-4-2-1-3-9(11)8-19-13(20)12-6-5-10(7-18)21-12;/h9-12H,1-8,18H2,(H,19,20);1H/t9?,10-,11?,12+;/m1./s1. The number of carbonyl (C=O) groups excluding carboxylic acids is 1. The van der Waals surface area contributed by atoms with Crippen LogP contribution in [0.1, 0.15) is 38.5 Å². The first kappa shape index (κ1) is 19.5. The number of hydrogen-bond donors (Lipinski definition) is 2. The second-order valence-electron chi connectivity index (χ2n) is 6.00. The van der Waals surface area contributed by atoms with Gasteiger partial charge in [-0.3, -0.25) is 4.79 Å². The lowest BCUT2D eigenvalue weighted by Crippen LogP contribution is -2.43. The van der Waals surface area contributed by atoms with E-state index >= 15 is 0 Å². The van der Waals surface area contributed by atoms with Gasteiger partial charge in [0, 0.05) is 13.1 Å². The van der Waals surface area contributed by atoms with Crippen molar-refractivity contribution < 1.29 is 22.7 Å². The lowest BCUT2D eigenvalue weighted by atomic mass is 9.78. The molecule has 0 spiro atoms. The highest BCUT2D eigenvalue weighted by Crippen LogP contribution is 2.41. The molecule has 1 amide bonds. The molecule has 1 aliphatic carbocycles. The molecular weight excluding hydrogens is 321 g/mol. The highest BCUT2D eigenvalue weighted by Gasteiger charge is 2.45. The predicted molar refractivity (Wildman–Crippen MR) is 78.7 cm³/mol. The second-order valence-corrected chi connectivity index (χ2v) is 6.00. The van der Waals surface area contributed by atoms with Crippen molar-refractivity contribution in [2.45, 2.75) is 56.9 Å². The molecule has 0 aromatic heterocycles. The maximum atomic E-state index is 13.0. The zero-order chi connectivity index (χ0) is 15.5. The van der Waals surface area contributed by atoms with Gasteiger partial charge in [0.25, 0.3) is 0 Å². The van der Waals surface area contributed by atoms with Gasteiger partial charge in [-0.15, -0.1) is 12.4 Å². The number of rotatable bonds is 4. The first-order valence-corrected chi connectivity index (χ1v) is 7.61. The van der Waals surface area contributed by atoms with Crippen molar-refractivity contribution in [1.29, 1.82) is 0 Å². The molecule has 8 heteroatoms. The molecule has 1 heterocycles. The molecule has 4 nitrogen and oxygen atoms in total. The Bertz CT molecular complexity index is 368. The van der Waals surface area contributed by atoms with Gasteiger partial charge in [0.05, 0.1) is 12.0 Å². The molecule has 130 valence electrons. The van der Waals surface area contributed by atoms with Crippen LogP contribution >= 0.6 is 12.4 Å². The molecular formula is C14H24ClF3N2O2. The zero-order valence-corrected chi connectivity index (χ0v) is 13.2. The Morgan fingerprint density at radius 1 is 1.18 bits per heavy atom. The van der Waals surface area contributed by atoms with Crippen molar-refractivity contribution in [1.82, 2.24) is 5.32 Å². The summed E-state index contributed by atoms with van der Waals surface area (Å²) in [6, 6.07) is 0. The summed E-state index contributed by atoms with van der Waals surface area (Å²) in [7, 11) is 0. The smallest absolute Gasteiger partial charge is 0.364 e. The van der Waals surface area contributed by atoms with Crippen LogP contribution in [0.15, 0.2) is 0 Å². The molecule has 22 heavy (non-hydrogen) atoms. The van der Waals surface area contributed by atoms with E-state index in [2.05, 4.69) is 5.32 Å². The number of hydrogen-bond acceptors (Lipinski definition) is 3. The molecule has 3 N–H and O–H groups in total. The lowest BCUT2D eigenvalue weighted by Gasteiger charge is -2.33. The van der Waals surface area contributed by atoms with E-state index in [4.69, 9.17) is 10.5 Å². The Labute approximate surface area is 134 Å². The first-order valence-electron chi connectivity index (χ1n) is 7.61. The van der Waals surface area contributed by atoms with Crippen LogP contribution in [0.4, 0.5) is 13.2 Å². The van der Waals surface area contributed by atoms with Crippen molar-refractivity contribution in [2.75, 3.05) is 13.1 Å². The maximum Gasteiger partial charge on any atom is 0.392 e.